The van der Waals surface area contributed by atoms with Crippen molar-refractivity contribution in [3.63, 3.8) is 0 Å². The Labute approximate surface area is 303 Å². The van der Waals surface area contributed by atoms with E-state index in [1.165, 1.54) is 4.90 Å². The van der Waals surface area contributed by atoms with Gasteiger partial charge >= 0.3 is 23.8 Å². The summed E-state index contributed by atoms with van der Waals surface area (Å²) in [5.41, 5.74) is 1.48. The molecule has 0 bridgehead atoms. The highest BCUT2D eigenvalue weighted by Crippen LogP contribution is 2.43. The van der Waals surface area contributed by atoms with Crippen molar-refractivity contribution >= 4 is 72.8 Å². The first-order valence-corrected chi connectivity index (χ1v) is 19.9. The van der Waals surface area contributed by atoms with Crippen molar-refractivity contribution in [2.75, 3.05) is 26.4 Å². The van der Waals surface area contributed by atoms with Gasteiger partial charge in [-0.3, -0.25) is 0 Å². The van der Waals surface area contributed by atoms with E-state index in [1.807, 2.05) is 25.1 Å². The van der Waals surface area contributed by atoms with Crippen LogP contribution in [-0.2, 0) is 34.6 Å². The fourth-order valence-electron chi connectivity index (χ4n) is 4.62. The molecule has 0 radical (unpaired) electrons. The molecule has 0 aromatic heterocycles. The maximum Gasteiger partial charge on any atom is 0.453 e. The second kappa shape index (κ2) is 16.1. The minimum absolute atomic E-state index is 0.00858. The number of esters is 2. The van der Waals surface area contributed by atoms with Crippen LogP contribution >= 0.6 is 46.4 Å². The Hall–Kier alpha value is -2.41. The summed E-state index contributed by atoms with van der Waals surface area (Å²) in [5, 5.41) is 0.391. The van der Waals surface area contributed by atoms with E-state index in [2.05, 4.69) is 33.9 Å². The predicted molar refractivity (Wildman–Crippen MR) is 188 cm³/mol. The Morgan fingerprint density at radius 3 is 2.06 bits per heavy atom. The highest BCUT2D eigenvalue weighted by Gasteiger charge is 2.59. The number of fused-ring (bicyclic) bond motifs is 1. The van der Waals surface area contributed by atoms with E-state index in [9.17, 15) is 14.4 Å². The maximum absolute atomic E-state index is 13.7. The number of alkyl halides is 3. The van der Waals surface area contributed by atoms with Gasteiger partial charge in [-0.05, 0) is 80.7 Å². The number of nitrogens with zero attached hydrogens (tertiary/aromatic N) is 1. The highest BCUT2D eigenvalue weighted by atomic mass is 35.6. The molecule has 2 aromatic rings. The fraction of sp³-hybridized carbons (Fsp3) is 0.545. The van der Waals surface area contributed by atoms with E-state index in [1.54, 1.807) is 38.1 Å². The zero-order chi connectivity index (χ0) is 36.1. The highest BCUT2D eigenvalue weighted by molar-refractivity contribution is 6.74. The molecule has 3 rings (SSSR count). The van der Waals surface area contributed by atoms with Crippen molar-refractivity contribution in [1.29, 1.82) is 0 Å². The van der Waals surface area contributed by atoms with Gasteiger partial charge in [0.15, 0.2) is 19.8 Å². The Bertz CT molecular complexity index is 1440. The van der Waals surface area contributed by atoms with Crippen LogP contribution in [0.25, 0.3) is 0 Å². The first-order chi connectivity index (χ1) is 22.2. The zero-order valence-electron chi connectivity index (χ0n) is 28.4. The third-order valence-corrected chi connectivity index (χ3v) is 13.1. The number of carbonyl (C=O) groups is 3. The lowest BCUT2D eigenvalue weighted by Crippen LogP contribution is -2.55. The lowest BCUT2D eigenvalue weighted by atomic mass is 10.0. The minimum Gasteiger partial charge on any atom is -0.460 e. The molecule has 1 aliphatic rings. The number of hydrogen-bond donors (Lipinski definition) is 0. The SMILES string of the molecule is CCOC(=O)C1(C(=O)OCC)Oc2ccc(C[C@@H](C)N(C[C@H](O[Si](C)(C)C(C)(C)C)c3cccc(Cl)c3)C(=O)OCC(Cl)(Cl)Cl)cc2O1. The first kappa shape index (κ1) is 40.0. The molecule has 0 saturated carbocycles. The molecule has 0 fully saturated rings. The van der Waals surface area contributed by atoms with E-state index in [-0.39, 0.29) is 42.7 Å². The standard InChI is InChI=1S/C33H43Cl4NO9Si/c1-9-42-28(39)33(29(40)43-10-2)45-25-15-14-22(17-26(25)46-33)16-21(3)38(30(41)44-20-32(35,36)37)19-27(23-12-11-13-24(34)18-23)47-48(7,8)31(4,5)6/h11-15,17-18,21,27H,9-10,16,19-20H2,1-8H3/t21-,27+/m1/s1. The first-order valence-electron chi connectivity index (χ1n) is 15.5. The van der Waals surface area contributed by atoms with Gasteiger partial charge < -0.3 is 33.0 Å². The summed E-state index contributed by atoms with van der Waals surface area (Å²) in [6, 6.07) is 11.7. The third-order valence-electron chi connectivity index (χ3n) is 8.09. The molecular weight excluding hydrogens is 724 g/mol. The van der Waals surface area contributed by atoms with Crippen molar-refractivity contribution in [3.8, 4) is 11.5 Å². The number of benzene rings is 2. The van der Waals surface area contributed by atoms with Crippen LogP contribution in [0.5, 0.6) is 11.5 Å². The van der Waals surface area contributed by atoms with Crippen molar-refractivity contribution in [2.45, 2.75) is 87.8 Å². The largest absolute Gasteiger partial charge is 0.460 e. The maximum atomic E-state index is 13.7. The molecule has 0 aliphatic carbocycles. The van der Waals surface area contributed by atoms with E-state index in [0.717, 1.165) is 5.56 Å². The number of ether oxygens (including phenoxy) is 5. The fourth-order valence-corrected chi connectivity index (χ4v) is 6.25. The smallest absolute Gasteiger partial charge is 0.453 e. The summed E-state index contributed by atoms with van der Waals surface area (Å²) in [6.45, 7) is 15.3. The summed E-state index contributed by atoms with van der Waals surface area (Å²) in [6.07, 6.45) is -1.00. The Morgan fingerprint density at radius 1 is 0.917 bits per heavy atom. The monoisotopic (exact) mass is 765 g/mol. The normalized spacial score (nSPS) is 15.3. The van der Waals surface area contributed by atoms with Crippen molar-refractivity contribution in [3.05, 3.63) is 58.6 Å². The van der Waals surface area contributed by atoms with Crippen LogP contribution in [-0.4, -0.2) is 73.2 Å². The van der Waals surface area contributed by atoms with Gasteiger partial charge in [-0.2, -0.15) is 0 Å². The summed E-state index contributed by atoms with van der Waals surface area (Å²) in [7, 11) is -2.37. The van der Waals surface area contributed by atoms with E-state index < -0.39 is 54.7 Å². The zero-order valence-corrected chi connectivity index (χ0v) is 32.4. The van der Waals surface area contributed by atoms with E-state index in [4.69, 9.17) is 74.5 Å². The number of hydrogen-bond acceptors (Lipinski definition) is 9. The molecule has 266 valence electrons. The van der Waals surface area contributed by atoms with Crippen LogP contribution in [0.15, 0.2) is 42.5 Å². The second-order valence-electron chi connectivity index (χ2n) is 12.8. The third kappa shape index (κ3) is 10.1. The van der Waals surface area contributed by atoms with Gasteiger partial charge in [0.25, 0.3) is 0 Å². The van der Waals surface area contributed by atoms with Crippen molar-refractivity contribution < 1.29 is 42.5 Å². The summed E-state index contributed by atoms with van der Waals surface area (Å²) in [5.74, 6) is -4.23. The molecule has 1 amide bonds. The number of amides is 1. The van der Waals surface area contributed by atoms with Crippen LogP contribution < -0.4 is 9.47 Å². The Morgan fingerprint density at radius 2 is 1.52 bits per heavy atom. The van der Waals surface area contributed by atoms with E-state index >= 15 is 0 Å². The molecule has 1 aliphatic heterocycles. The quantitative estimate of drug-likeness (QED) is 0.0652. The van der Waals surface area contributed by atoms with E-state index in [0.29, 0.717) is 10.6 Å². The van der Waals surface area contributed by atoms with Crippen LogP contribution in [0.2, 0.25) is 23.2 Å². The summed E-state index contributed by atoms with van der Waals surface area (Å²) < 4.78 is 32.1. The van der Waals surface area contributed by atoms with Gasteiger partial charge in [-0.15, -0.1) is 0 Å². The molecule has 1 heterocycles. The van der Waals surface area contributed by atoms with Gasteiger partial charge in [0, 0.05) is 11.1 Å². The number of carbonyl (C=O) groups excluding carboxylic acids is 3. The predicted octanol–water partition coefficient (Wildman–Crippen LogP) is 8.44. The molecule has 0 unspecified atom stereocenters. The van der Waals surface area contributed by atoms with Gasteiger partial charge in [0.05, 0.1) is 25.9 Å². The second-order valence-corrected chi connectivity index (χ2v) is 20.5. The molecule has 48 heavy (non-hydrogen) atoms. The van der Waals surface area contributed by atoms with Gasteiger partial charge in [0.1, 0.15) is 6.61 Å². The number of halogens is 4. The Balaban J connectivity index is 1.96. The molecule has 15 heteroatoms. The topological polar surface area (TPSA) is 110 Å². The molecule has 10 nitrogen and oxygen atoms in total. The lowest BCUT2D eigenvalue weighted by molar-refractivity contribution is -0.202. The molecular formula is C33H43Cl4NO9Si. The van der Waals surface area contributed by atoms with Crippen LogP contribution in [0, 0.1) is 0 Å². The van der Waals surface area contributed by atoms with Crippen LogP contribution in [0.1, 0.15) is 58.8 Å². The summed E-state index contributed by atoms with van der Waals surface area (Å²) >= 11 is 24.1. The van der Waals surface area contributed by atoms with Crippen LogP contribution in [0.3, 0.4) is 0 Å². The average Bonchev–Trinajstić information content (AvgIpc) is 3.37. The minimum atomic E-state index is -2.43. The van der Waals surface area contributed by atoms with Gasteiger partial charge in [-0.1, -0.05) is 85.4 Å². The van der Waals surface area contributed by atoms with Crippen LogP contribution in [0.4, 0.5) is 4.79 Å². The van der Waals surface area contributed by atoms with Gasteiger partial charge in [0.2, 0.25) is 3.79 Å². The Kier molecular flexibility index (Phi) is 13.4. The molecule has 0 N–H and O–H groups in total. The summed E-state index contributed by atoms with van der Waals surface area (Å²) in [4.78, 5) is 40.9. The molecule has 2 atom stereocenters. The number of rotatable bonds is 13. The van der Waals surface area contributed by atoms with Crippen molar-refractivity contribution in [1.82, 2.24) is 4.90 Å². The lowest BCUT2D eigenvalue weighted by Gasteiger charge is -2.41. The average molecular weight is 768 g/mol. The molecule has 2 aromatic carbocycles. The molecule has 0 saturated heterocycles. The molecule has 0 spiro atoms. The van der Waals surface area contributed by atoms with Gasteiger partial charge in [-0.25, -0.2) is 14.4 Å². The van der Waals surface area contributed by atoms with Crippen molar-refractivity contribution in [2.24, 2.45) is 0 Å².